The summed E-state index contributed by atoms with van der Waals surface area (Å²) in [6, 6.07) is -0.385. The van der Waals surface area contributed by atoms with E-state index in [-0.39, 0.29) is 17.9 Å². The van der Waals surface area contributed by atoms with Crippen molar-refractivity contribution in [2.24, 2.45) is 5.92 Å². The van der Waals surface area contributed by atoms with Gasteiger partial charge in [0.15, 0.2) is 0 Å². The standard InChI is InChI=1S/C15H29NO4/c1-11(2)14(15(18)19-3)16-9-12(17)10-20-13-7-5-4-6-8-13/h11-14,16-17H,4-10H2,1-3H3. The van der Waals surface area contributed by atoms with Gasteiger partial charge in [-0.15, -0.1) is 0 Å². The smallest absolute Gasteiger partial charge is 0.323 e. The number of carbonyl (C=O) groups excluding carboxylic acids is 1. The normalized spacial score (nSPS) is 19.9. The molecule has 1 fully saturated rings. The van der Waals surface area contributed by atoms with Crippen LogP contribution in [0.2, 0.25) is 0 Å². The maximum Gasteiger partial charge on any atom is 0.323 e. The first-order chi connectivity index (χ1) is 9.54. The summed E-state index contributed by atoms with van der Waals surface area (Å²) in [6.45, 7) is 4.55. The summed E-state index contributed by atoms with van der Waals surface area (Å²) in [6.07, 6.45) is 5.61. The second kappa shape index (κ2) is 9.32. The van der Waals surface area contributed by atoms with E-state index >= 15 is 0 Å². The van der Waals surface area contributed by atoms with Gasteiger partial charge in [0.1, 0.15) is 6.04 Å². The maximum absolute atomic E-state index is 11.6. The fraction of sp³-hybridized carbons (Fsp3) is 0.933. The lowest BCUT2D eigenvalue weighted by Gasteiger charge is -2.25. The van der Waals surface area contributed by atoms with Crippen LogP contribution in [0.1, 0.15) is 46.0 Å². The predicted octanol–water partition coefficient (Wildman–Crippen LogP) is 1.48. The molecule has 0 aromatic carbocycles. The Hall–Kier alpha value is -0.650. The molecule has 0 spiro atoms. The van der Waals surface area contributed by atoms with E-state index in [1.54, 1.807) is 0 Å². The SMILES string of the molecule is COC(=O)C(NCC(O)COC1CCCCC1)C(C)C. The molecule has 5 nitrogen and oxygen atoms in total. The highest BCUT2D eigenvalue weighted by molar-refractivity contribution is 5.75. The minimum atomic E-state index is -0.595. The van der Waals surface area contributed by atoms with Gasteiger partial charge < -0.3 is 19.9 Å². The summed E-state index contributed by atoms with van der Waals surface area (Å²) in [5.41, 5.74) is 0. The van der Waals surface area contributed by atoms with Gasteiger partial charge in [-0.05, 0) is 18.8 Å². The van der Waals surface area contributed by atoms with Gasteiger partial charge in [-0.1, -0.05) is 33.1 Å². The van der Waals surface area contributed by atoms with Crippen molar-refractivity contribution >= 4 is 5.97 Å². The van der Waals surface area contributed by atoms with Crippen LogP contribution >= 0.6 is 0 Å². The summed E-state index contributed by atoms with van der Waals surface area (Å²) in [4.78, 5) is 11.6. The van der Waals surface area contributed by atoms with E-state index in [0.717, 1.165) is 12.8 Å². The van der Waals surface area contributed by atoms with Crippen LogP contribution in [-0.2, 0) is 14.3 Å². The number of hydrogen-bond acceptors (Lipinski definition) is 5. The Morgan fingerprint density at radius 2 is 1.95 bits per heavy atom. The molecule has 1 saturated carbocycles. The van der Waals surface area contributed by atoms with E-state index in [0.29, 0.717) is 19.3 Å². The summed E-state index contributed by atoms with van der Waals surface area (Å²) in [7, 11) is 1.38. The summed E-state index contributed by atoms with van der Waals surface area (Å²) in [5.74, 6) is -0.172. The van der Waals surface area contributed by atoms with Crippen LogP contribution < -0.4 is 5.32 Å². The van der Waals surface area contributed by atoms with Crippen LogP contribution in [0.5, 0.6) is 0 Å². The van der Waals surface area contributed by atoms with E-state index in [1.807, 2.05) is 13.8 Å². The molecule has 0 bridgehead atoms. The highest BCUT2D eigenvalue weighted by Crippen LogP contribution is 2.20. The minimum Gasteiger partial charge on any atom is -0.468 e. The van der Waals surface area contributed by atoms with Crippen molar-refractivity contribution in [3.63, 3.8) is 0 Å². The number of hydrogen-bond donors (Lipinski definition) is 2. The fourth-order valence-electron chi connectivity index (χ4n) is 2.52. The van der Waals surface area contributed by atoms with Crippen molar-refractivity contribution in [2.45, 2.75) is 64.2 Å². The first-order valence-corrected chi connectivity index (χ1v) is 7.65. The molecule has 1 rings (SSSR count). The Bertz CT molecular complexity index is 277. The van der Waals surface area contributed by atoms with Crippen molar-refractivity contribution < 1.29 is 19.4 Å². The number of rotatable bonds is 8. The quantitative estimate of drug-likeness (QED) is 0.662. The number of nitrogens with one attached hydrogen (secondary N) is 1. The topological polar surface area (TPSA) is 67.8 Å². The van der Waals surface area contributed by atoms with Crippen LogP contribution in [0.3, 0.4) is 0 Å². The maximum atomic E-state index is 11.6. The van der Waals surface area contributed by atoms with Crippen LogP contribution in [0.15, 0.2) is 0 Å². The highest BCUT2D eigenvalue weighted by atomic mass is 16.5. The third kappa shape index (κ3) is 6.20. The molecule has 0 heterocycles. The lowest BCUT2D eigenvalue weighted by molar-refractivity contribution is -0.144. The first-order valence-electron chi connectivity index (χ1n) is 7.65. The molecule has 1 aliphatic rings. The van der Waals surface area contributed by atoms with Gasteiger partial charge >= 0.3 is 5.97 Å². The Labute approximate surface area is 122 Å². The van der Waals surface area contributed by atoms with Crippen molar-refractivity contribution in [3.8, 4) is 0 Å². The number of aliphatic hydroxyl groups is 1. The third-order valence-corrected chi connectivity index (χ3v) is 3.77. The molecule has 20 heavy (non-hydrogen) atoms. The number of ether oxygens (including phenoxy) is 2. The molecule has 0 aromatic rings. The van der Waals surface area contributed by atoms with Crippen molar-refractivity contribution in [1.29, 1.82) is 0 Å². The summed E-state index contributed by atoms with van der Waals surface area (Å²) in [5, 5.41) is 13.0. The molecule has 2 atom stereocenters. The Kier molecular flexibility index (Phi) is 8.11. The molecule has 118 valence electrons. The molecule has 1 aliphatic carbocycles. The zero-order valence-electron chi connectivity index (χ0n) is 12.9. The predicted molar refractivity (Wildman–Crippen MR) is 77.5 cm³/mol. The largest absolute Gasteiger partial charge is 0.468 e. The summed E-state index contributed by atoms with van der Waals surface area (Å²) >= 11 is 0. The van der Waals surface area contributed by atoms with Crippen LogP contribution in [0.25, 0.3) is 0 Å². The molecule has 0 amide bonds. The van der Waals surface area contributed by atoms with E-state index in [1.165, 1.54) is 26.4 Å². The van der Waals surface area contributed by atoms with Crippen molar-refractivity contribution in [2.75, 3.05) is 20.3 Å². The van der Waals surface area contributed by atoms with Crippen molar-refractivity contribution in [3.05, 3.63) is 0 Å². The molecule has 0 aromatic heterocycles. The van der Waals surface area contributed by atoms with Gasteiger partial charge in [0.05, 0.1) is 25.9 Å². The minimum absolute atomic E-state index is 0.119. The van der Waals surface area contributed by atoms with E-state index in [9.17, 15) is 9.90 Å². The zero-order valence-corrected chi connectivity index (χ0v) is 12.9. The van der Waals surface area contributed by atoms with E-state index in [4.69, 9.17) is 9.47 Å². The lowest BCUT2D eigenvalue weighted by atomic mass is 9.98. The lowest BCUT2D eigenvalue weighted by Crippen LogP contribution is -2.46. The molecule has 2 N–H and O–H groups in total. The summed E-state index contributed by atoms with van der Waals surface area (Å²) < 4.78 is 10.5. The number of esters is 1. The fourth-order valence-corrected chi connectivity index (χ4v) is 2.52. The average Bonchev–Trinajstić information content (AvgIpc) is 2.45. The Balaban J connectivity index is 2.23. The highest BCUT2D eigenvalue weighted by Gasteiger charge is 2.23. The Morgan fingerprint density at radius 1 is 1.30 bits per heavy atom. The van der Waals surface area contributed by atoms with E-state index < -0.39 is 6.10 Å². The molecule has 0 aliphatic heterocycles. The van der Waals surface area contributed by atoms with Crippen LogP contribution in [0.4, 0.5) is 0 Å². The first kappa shape index (κ1) is 17.4. The van der Waals surface area contributed by atoms with Gasteiger partial charge in [-0.2, -0.15) is 0 Å². The molecular weight excluding hydrogens is 258 g/mol. The van der Waals surface area contributed by atoms with Gasteiger partial charge in [0, 0.05) is 6.54 Å². The number of aliphatic hydroxyl groups excluding tert-OH is 1. The monoisotopic (exact) mass is 287 g/mol. The molecule has 5 heteroatoms. The zero-order chi connectivity index (χ0) is 15.0. The number of carbonyl (C=O) groups is 1. The Morgan fingerprint density at radius 3 is 2.50 bits per heavy atom. The molecule has 0 radical (unpaired) electrons. The average molecular weight is 287 g/mol. The van der Waals surface area contributed by atoms with Crippen LogP contribution in [0, 0.1) is 5.92 Å². The van der Waals surface area contributed by atoms with Gasteiger partial charge in [-0.3, -0.25) is 4.79 Å². The van der Waals surface area contributed by atoms with Gasteiger partial charge in [0.2, 0.25) is 0 Å². The molecule has 2 unspecified atom stereocenters. The second-order valence-corrected chi connectivity index (χ2v) is 5.90. The van der Waals surface area contributed by atoms with Crippen molar-refractivity contribution in [1.82, 2.24) is 5.32 Å². The van der Waals surface area contributed by atoms with Gasteiger partial charge in [0.25, 0.3) is 0 Å². The van der Waals surface area contributed by atoms with Gasteiger partial charge in [-0.25, -0.2) is 0 Å². The van der Waals surface area contributed by atoms with E-state index in [2.05, 4.69) is 5.32 Å². The third-order valence-electron chi connectivity index (χ3n) is 3.77. The van der Waals surface area contributed by atoms with Crippen LogP contribution in [-0.4, -0.2) is 49.6 Å². The number of methoxy groups -OCH3 is 1. The molecular formula is C15H29NO4. The second-order valence-electron chi connectivity index (χ2n) is 5.90. The molecule has 0 saturated heterocycles.